The number of para-hydroxylation sites is 1. The van der Waals surface area contributed by atoms with Crippen molar-refractivity contribution in [3.8, 4) is 0 Å². The normalized spacial score (nSPS) is 20.6. The molecule has 0 saturated heterocycles. The summed E-state index contributed by atoms with van der Waals surface area (Å²) >= 11 is 0. The molecule has 124 valence electrons. The summed E-state index contributed by atoms with van der Waals surface area (Å²) in [5.41, 5.74) is -0.125. The first-order valence-electron chi connectivity index (χ1n) is 7.62. The van der Waals surface area contributed by atoms with Gasteiger partial charge in [0, 0.05) is 12.6 Å². The van der Waals surface area contributed by atoms with Crippen molar-refractivity contribution in [2.24, 2.45) is 11.8 Å². The minimum absolute atomic E-state index is 0.0536. The third-order valence-electron chi connectivity index (χ3n) is 4.28. The molecule has 1 amide bonds. The van der Waals surface area contributed by atoms with Crippen molar-refractivity contribution in [3.63, 3.8) is 0 Å². The zero-order valence-corrected chi connectivity index (χ0v) is 13.0. The van der Waals surface area contributed by atoms with Crippen LogP contribution in [0.2, 0.25) is 0 Å². The lowest BCUT2D eigenvalue weighted by molar-refractivity contribution is -0.385. The highest BCUT2D eigenvalue weighted by atomic mass is 16.6. The molecule has 7 nitrogen and oxygen atoms in total. The van der Waals surface area contributed by atoms with Gasteiger partial charge in [0.05, 0.1) is 18.0 Å². The summed E-state index contributed by atoms with van der Waals surface area (Å²) in [7, 11) is 1.39. The summed E-state index contributed by atoms with van der Waals surface area (Å²) in [6, 6.07) is 5.89. The summed E-state index contributed by atoms with van der Waals surface area (Å²) < 4.78 is 4.74. The molecule has 0 aromatic heterocycles. The Kier molecular flexibility index (Phi) is 5.67. The SMILES string of the molecule is COC(=O)[C@H]1CC[C@H](CNC(=O)c2ccccc2[N+](=O)[O-])CC1. The standard InChI is InChI=1S/C16H20N2O5/c1-23-16(20)12-8-6-11(7-9-12)10-17-15(19)13-4-2-3-5-14(13)18(21)22/h2-5,11-12H,6-10H2,1H3,(H,17,19)/t11-,12-. The van der Waals surface area contributed by atoms with Gasteiger partial charge in [-0.1, -0.05) is 12.1 Å². The number of nitrogens with zero attached hydrogens (tertiary/aromatic N) is 1. The van der Waals surface area contributed by atoms with Crippen LogP contribution in [0.15, 0.2) is 24.3 Å². The van der Waals surface area contributed by atoms with Crippen molar-refractivity contribution in [3.05, 3.63) is 39.9 Å². The predicted molar refractivity (Wildman–Crippen MR) is 82.9 cm³/mol. The van der Waals surface area contributed by atoms with Gasteiger partial charge >= 0.3 is 5.97 Å². The molecule has 7 heteroatoms. The lowest BCUT2D eigenvalue weighted by Gasteiger charge is -2.26. The smallest absolute Gasteiger partial charge is 0.308 e. The first-order chi connectivity index (χ1) is 11.0. The number of rotatable bonds is 5. The number of hydrogen-bond donors (Lipinski definition) is 1. The third-order valence-corrected chi connectivity index (χ3v) is 4.28. The van der Waals surface area contributed by atoms with Crippen LogP contribution in [0.5, 0.6) is 0 Å². The van der Waals surface area contributed by atoms with Crippen molar-refractivity contribution in [1.82, 2.24) is 5.32 Å². The number of nitrogens with one attached hydrogen (secondary N) is 1. The summed E-state index contributed by atoms with van der Waals surface area (Å²) in [5, 5.41) is 13.7. The Balaban J connectivity index is 1.87. The maximum absolute atomic E-state index is 12.1. The molecule has 1 fully saturated rings. The summed E-state index contributed by atoms with van der Waals surface area (Å²) in [6.45, 7) is 0.457. The average Bonchev–Trinajstić information content (AvgIpc) is 2.59. The highest BCUT2D eigenvalue weighted by molar-refractivity contribution is 5.98. The van der Waals surface area contributed by atoms with E-state index in [1.54, 1.807) is 6.07 Å². The number of methoxy groups -OCH3 is 1. The number of amides is 1. The summed E-state index contributed by atoms with van der Waals surface area (Å²) in [4.78, 5) is 34.0. The molecule has 0 unspecified atom stereocenters. The molecule has 1 aliphatic rings. The Morgan fingerprint density at radius 2 is 1.91 bits per heavy atom. The second-order valence-corrected chi connectivity index (χ2v) is 5.73. The van der Waals surface area contributed by atoms with Crippen molar-refractivity contribution >= 4 is 17.6 Å². The van der Waals surface area contributed by atoms with Gasteiger partial charge in [0.2, 0.25) is 0 Å². The lowest BCUT2D eigenvalue weighted by Crippen LogP contribution is -2.33. The molecule has 23 heavy (non-hydrogen) atoms. The van der Waals surface area contributed by atoms with E-state index in [1.165, 1.54) is 25.3 Å². The third kappa shape index (κ3) is 4.28. The molecule has 1 aromatic carbocycles. The van der Waals surface area contributed by atoms with Gasteiger partial charge in [0.15, 0.2) is 0 Å². The number of nitro groups is 1. The van der Waals surface area contributed by atoms with Crippen LogP contribution < -0.4 is 5.32 Å². The van der Waals surface area contributed by atoms with Gasteiger partial charge in [-0.25, -0.2) is 0 Å². The molecular weight excluding hydrogens is 300 g/mol. The van der Waals surface area contributed by atoms with Gasteiger partial charge in [-0.15, -0.1) is 0 Å². The molecule has 0 bridgehead atoms. The molecule has 0 aliphatic heterocycles. The highest BCUT2D eigenvalue weighted by Crippen LogP contribution is 2.29. The van der Waals surface area contributed by atoms with E-state index in [1.807, 2.05) is 0 Å². The van der Waals surface area contributed by atoms with Crippen LogP contribution in [0.3, 0.4) is 0 Å². The van der Waals surface area contributed by atoms with Crippen LogP contribution in [0.1, 0.15) is 36.0 Å². The van der Waals surface area contributed by atoms with Crippen LogP contribution in [0, 0.1) is 22.0 Å². The highest BCUT2D eigenvalue weighted by Gasteiger charge is 2.27. The van der Waals surface area contributed by atoms with Gasteiger partial charge in [-0.3, -0.25) is 19.7 Å². The van der Waals surface area contributed by atoms with Gasteiger partial charge < -0.3 is 10.1 Å². The second-order valence-electron chi connectivity index (χ2n) is 5.73. The largest absolute Gasteiger partial charge is 0.469 e. The number of carbonyl (C=O) groups excluding carboxylic acids is 2. The Morgan fingerprint density at radius 1 is 1.26 bits per heavy atom. The van der Waals surface area contributed by atoms with E-state index in [0.29, 0.717) is 6.54 Å². The van der Waals surface area contributed by atoms with Crippen LogP contribution >= 0.6 is 0 Å². The van der Waals surface area contributed by atoms with Gasteiger partial charge in [-0.05, 0) is 37.7 Å². The minimum Gasteiger partial charge on any atom is -0.469 e. The van der Waals surface area contributed by atoms with E-state index in [4.69, 9.17) is 4.74 Å². The van der Waals surface area contributed by atoms with Crippen molar-refractivity contribution in [1.29, 1.82) is 0 Å². The Morgan fingerprint density at radius 3 is 2.52 bits per heavy atom. The Hall–Kier alpha value is -2.44. The first-order valence-corrected chi connectivity index (χ1v) is 7.62. The molecule has 0 radical (unpaired) electrons. The van der Waals surface area contributed by atoms with Crippen molar-refractivity contribution in [2.45, 2.75) is 25.7 Å². The topological polar surface area (TPSA) is 98.5 Å². The predicted octanol–water partition coefficient (Wildman–Crippen LogP) is 2.30. The van der Waals surface area contributed by atoms with Crippen molar-refractivity contribution < 1.29 is 19.2 Å². The van der Waals surface area contributed by atoms with E-state index in [-0.39, 0.29) is 29.1 Å². The van der Waals surface area contributed by atoms with Crippen molar-refractivity contribution in [2.75, 3.05) is 13.7 Å². The fraction of sp³-hybridized carbons (Fsp3) is 0.500. The van der Waals surface area contributed by atoms with Crippen LogP contribution in [-0.2, 0) is 9.53 Å². The number of hydrogen-bond acceptors (Lipinski definition) is 5. The molecule has 1 N–H and O–H groups in total. The fourth-order valence-corrected chi connectivity index (χ4v) is 2.93. The van der Waals surface area contributed by atoms with E-state index in [9.17, 15) is 19.7 Å². The van der Waals surface area contributed by atoms with Crippen LogP contribution in [0.4, 0.5) is 5.69 Å². The molecule has 0 atom stereocenters. The molecule has 2 rings (SSSR count). The number of carbonyl (C=O) groups is 2. The lowest BCUT2D eigenvalue weighted by atomic mass is 9.82. The number of ether oxygens (including phenoxy) is 1. The molecular formula is C16H20N2O5. The van der Waals surface area contributed by atoms with E-state index in [0.717, 1.165) is 25.7 Å². The van der Waals surface area contributed by atoms with E-state index >= 15 is 0 Å². The maximum atomic E-state index is 12.1. The number of nitro benzene ring substituents is 1. The zero-order chi connectivity index (χ0) is 16.8. The van der Waals surface area contributed by atoms with Crippen LogP contribution in [0.25, 0.3) is 0 Å². The molecule has 0 spiro atoms. The van der Waals surface area contributed by atoms with Gasteiger partial charge in [-0.2, -0.15) is 0 Å². The van der Waals surface area contributed by atoms with E-state index in [2.05, 4.69) is 5.32 Å². The molecule has 1 aromatic rings. The Labute approximate surface area is 134 Å². The molecule has 0 heterocycles. The first kappa shape index (κ1) is 16.9. The minimum atomic E-state index is -0.559. The van der Waals surface area contributed by atoms with Gasteiger partial charge in [0.1, 0.15) is 5.56 Å². The maximum Gasteiger partial charge on any atom is 0.308 e. The Bertz CT molecular complexity index is 594. The zero-order valence-electron chi connectivity index (χ0n) is 13.0. The number of esters is 1. The van der Waals surface area contributed by atoms with E-state index < -0.39 is 10.8 Å². The van der Waals surface area contributed by atoms with Crippen LogP contribution in [-0.4, -0.2) is 30.5 Å². The summed E-state index contributed by atoms with van der Waals surface area (Å²) in [6.07, 6.45) is 3.16. The molecule has 1 saturated carbocycles. The summed E-state index contributed by atoms with van der Waals surface area (Å²) in [5.74, 6) is -0.385. The number of benzene rings is 1. The second kappa shape index (κ2) is 7.71. The molecule has 1 aliphatic carbocycles. The average molecular weight is 320 g/mol. The fourth-order valence-electron chi connectivity index (χ4n) is 2.93. The van der Waals surface area contributed by atoms with Gasteiger partial charge in [0.25, 0.3) is 11.6 Å². The quantitative estimate of drug-likeness (QED) is 0.510. The monoisotopic (exact) mass is 320 g/mol.